The second-order valence-electron chi connectivity index (χ2n) is 6.26. The Labute approximate surface area is 158 Å². The average molecular weight is 364 g/mol. The Kier molecular flexibility index (Phi) is 5.81. The standard InChI is InChI=1S/C22H21FN2O2/c1-15-12-13-18(16(2)24-15)22(26)25-20(17-8-4-3-5-9-17)14-27-21-11-7-6-10-19(21)23/h3-13,20H,14H2,1-2H3,(H,25,26). The topological polar surface area (TPSA) is 51.2 Å². The van der Waals surface area contributed by atoms with Crippen molar-refractivity contribution in [2.24, 2.45) is 0 Å². The zero-order chi connectivity index (χ0) is 19.2. The van der Waals surface area contributed by atoms with Crippen LogP contribution in [0.2, 0.25) is 0 Å². The number of aromatic nitrogens is 1. The third-order valence-corrected chi connectivity index (χ3v) is 4.22. The van der Waals surface area contributed by atoms with Crippen LogP contribution in [0.25, 0.3) is 0 Å². The first-order valence-electron chi connectivity index (χ1n) is 8.72. The number of carbonyl (C=O) groups excluding carboxylic acids is 1. The number of rotatable bonds is 6. The van der Waals surface area contributed by atoms with E-state index in [2.05, 4.69) is 10.3 Å². The maximum absolute atomic E-state index is 13.8. The fraction of sp³-hybridized carbons (Fsp3) is 0.182. The third-order valence-electron chi connectivity index (χ3n) is 4.22. The van der Waals surface area contributed by atoms with Crippen LogP contribution in [0.5, 0.6) is 5.75 Å². The predicted molar refractivity (Wildman–Crippen MR) is 102 cm³/mol. The number of para-hydroxylation sites is 1. The highest BCUT2D eigenvalue weighted by atomic mass is 19.1. The van der Waals surface area contributed by atoms with Crippen molar-refractivity contribution < 1.29 is 13.9 Å². The van der Waals surface area contributed by atoms with Crippen molar-refractivity contribution >= 4 is 5.91 Å². The summed E-state index contributed by atoms with van der Waals surface area (Å²) in [7, 11) is 0. The zero-order valence-electron chi connectivity index (χ0n) is 15.3. The van der Waals surface area contributed by atoms with E-state index in [0.29, 0.717) is 11.3 Å². The lowest BCUT2D eigenvalue weighted by Gasteiger charge is -2.20. The Morgan fingerprint density at radius 3 is 2.44 bits per heavy atom. The number of carbonyl (C=O) groups is 1. The minimum Gasteiger partial charge on any atom is -0.488 e. The largest absolute Gasteiger partial charge is 0.488 e. The summed E-state index contributed by atoms with van der Waals surface area (Å²) in [4.78, 5) is 17.1. The molecule has 138 valence electrons. The molecule has 0 spiro atoms. The number of benzene rings is 2. The molecule has 5 heteroatoms. The van der Waals surface area contributed by atoms with E-state index in [-0.39, 0.29) is 18.3 Å². The van der Waals surface area contributed by atoms with Gasteiger partial charge in [-0.2, -0.15) is 0 Å². The van der Waals surface area contributed by atoms with Crippen LogP contribution >= 0.6 is 0 Å². The minimum atomic E-state index is -0.436. The quantitative estimate of drug-likeness (QED) is 0.706. The van der Waals surface area contributed by atoms with Gasteiger partial charge < -0.3 is 10.1 Å². The molecule has 1 aromatic heterocycles. The molecule has 0 saturated carbocycles. The van der Waals surface area contributed by atoms with E-state index in [4.69, 9.17) is 4.74 Å². The van der Waals surface area contributed by atoms with Crippen molar-refractivity contribution in [1.82, 2.24) is 10.3 Å². The number of hydrogen-bond acceptors (Lipinski definition) is 3. The van der Waals surface area contributed by atoms with Crippen molar-refractivity contribution in [3.63, 3.8) is 0 Å². The predicted octanol–water partition coefficient (Wildman–Crippen LogP) is 4.39. The normalized spacial score (nSPS) is 11.7. The molecular weight excluding hydrogens is 343 g/mol. The number of nitrogens with one attached hydrogen (secondary N) is 1. The van der Waals surface area contributed by atoms with Gasteiger partial charge in [0, 0.05) is 5.69 Å². The first kappa shape index (κ1) is 18.6. The van der Waals surface area contributed by atoms with Crippen molar-refractivity contribution in [2.75, 3.05) is 6.61 Å². The summed E-state index contributed by atoms with van der Waals surface area (Å²) in [5, 5.41) is 2.97. The van der Waals surface area contributed by atoms with Gasteiger partial charge in [0.15, 0.2) is 11.6 Å². The number of ether oxygens (including phenoxy) is 1. The molecular formula is C22H21FN2O2. The number of pyridine rings is 1. The van der Waals surface area contributed by atoms with Crippen LogP contribution in [-0.4, -0.2) is 17.5 Å². The summed E-state index contributed by atoms with van der Waals surface area (Å²) in [5.74, 6) is -0.527. The summed E-state index contributed by atoms with van der Waals surface area (Å²) < 4.78 is 19.5. The SMILES string of the molecule is Cc1ccc(C(=O)NC(COc2ccccc2F)c2ccccc2)c(C)n1. The van der Waals surface area contributed by atoms with Crippen LogP contribution < -0.4 is 10.1 Å². The molecule has 0 fully saturated rings. The Bertz CT molecular complexity index is 929. The van der Waals surface area contributed by atoms with Gasteiger partial charge in [0.2, 0.25) is 0 Å². The maximum atomic E-state index is 13.8. The summed E-state index contributed by atoms with van der Waals surface area (Å²) in [6.45, 7) is 3.79. The molecule has 3 aromatic rings. The lowest BCUT2D eigenvalue weighted by molar-refractivity contribution is 0.0919. The van der Waals surface area contributed by atoms with Crippen LogP contribution in [-0.2, 0) is 0 Å². The summed E-state index contributed by atoms with van der Waals surface area (Å²) in [5.41, 5.74) is 2.90. The molecule has 0 radical (unpaired) electrons. The van der Waals surface area contributed by atoms with E-state index < -0.39 is 11.9 Å². The van der Waals surface area contributed by atoms with Gasteiger partial charge in [-0.1, -0.05) is 42.5 Å². The molecule has 1 amide bonds. The summed E-state index contributed by atoms with van der Waals surface area (Å²) >= 11 is 0. The highest BCUT2D eigenvalue weighted by Crippen LogP contribution is 2.20. The van der Waals surface area contributed by atoms with Gasteiger partial charge in [-0.3, -0.25) is 9.78 Å². The third kappa shape index (κ3) is 4.70. The molecule has 0 aliphatic heterocycles. The molecule has 0 saturated heterocycles. The molecule has 1 heterocycles. The van der Waals surface area contributed by atoms with Crippen molar-refractivity contribution in [1.29, 1.82) is 0 Å². The van der Waals surface area contributed by atoms with E-state index in [9.17, 15) is 9.18 Å². The van der Waals surface area contributed by atoms with Gasteiger partial charge in [0.25, 0.3) is 5.91 Å². The van der Waals surface area contributed by atoms with Gasteiger partial charge >= 0.3 is 0 Å². The minimum absolute atomic E-state index is 0.106. The van der Waals surface area contributed by atoms with Gasteiger partial charge in [-0.25, -0.2) is 4.39 Å². The molecule has 1 N–H and O–H groups in total. The Morgan fingerprint density at radius 1 is 1.04 bits per heavy atom. The van der Waals surface area contributed by atoms with E-state index in [1.807, 2.05) is 37.3 Å². The molecule has 0 aliphatic carbocycles. The molecule has 1 atom stereocenters. The molecule has 0 bridgehead atoms. The van der Waals surface area contributed by atoms with Crippen LogP contribution in [0.1, 0.15) is 33.4 Å². The number of hydrogen-bond donors (Lipinski definition) is 1. The van der Waals surface area contributed by atoms with Gasteiger partial charge in [0.1, 0.15) is 6.61 Å². The fourth-order valence-corrected chi connectivity index (χ4v) is 2.80. The Balaban J connectivity index is 1.80. The highest BCUT2D eigenvalue weighted by Gasteiger charge is 2.19. The number of aryl methyl sites for hydroxylation is 2. The monoisotopic (exact) mass is 364 g/mol. The lowest BCUT2D eigenvalue weighted by atomic mass is 10.1. The van der Waals surface area contributed by atoms with Crippen molar-refractivity contribution in [3.8, 4) is 5.75 Å². The second-order valence-corrected chi connectivity index (χ2v) is 6.26. The van der Waals surface area contributed by atoms with E-state index in [0.717, 1.165) is 11.3 Å². The van der Waals surface area contributed by atoms with Crippen LogP contribution in [0.4, 0.5) is 4.39 Å². The van der Waals surface area contributed by atoms with Gasteiger partial charge in [0.05, 0.1) is 17.3 Å². The first-order chi connectivity index (χ1) is 13.0. The highest BCUT2D eigenvalue weighted by molar-refractivity contribution is 5.95. The van der Waals surface area contributed by atoms with E-state index in [1.54, 1.807) is 37.3 Å². The summed E-state index contributed by atoms with van der Waals surface area (Å²) in [6.07, 6.45) is 0. The molecule has 4 nitrogen and oxygen atoms in total. The van der Waals surface area contributed by atoms with Crippen LogP contribution in [0.3, 0.4) is 0 Å². The van der Waals surface area contributed by atoms with Crippen molar-refractivity contribution in [3.05, 3.63) is 95.1 Å². The number of halogens is 1. The Morgan fingerprint density at radius 2 is 1.74 bits per heavy atom. The first-order valence-corrected chi connectivity index (χ1v) is 8.72. The fourth-order valence-electron chi connectivity index (χ4n) is 2.80. The van der Waals surface area contributed by atoms with Gasteiger partial charge in [-0.05, 0) is 43.7 Å². The van der Waals surface area contributed by atoms with E-state index in [1.165, 1.54) is 6.07 Å². The number of amides is 1. The van der Waals surface area contributed by atoms with Crippen LogP contribution in [0.15, 0.2) is 66.7 Å². The summed E-state index contributed by atoms with van der Waals surface area (Å²) in [6, 6.07) is 18.8. The molecule has 27 heavy (non-hydrogen) atoms. The zero-order valence-corrected chi connectivity index (χ0v) is 15.3. The molecule has 2 aromatic carbocycles. The van der Waals surface area contributed by atoms with E-state index >= 15 is 0 Å². The smallest absolute Gasteiger partial charge is 0.253 e. The lowest BCUT2D eigenvalue weighted by Crippen LogP contribution is -2.33. The average Bonchev–Trinajstić information content (AvgIpc) is 2.66. The molecule has 0 aliphatic rings. The van der Waals surface area contributed by atoms with Crippen molar-refractivity contribution in [2.45, 2.75) is 19.9 Å². The maximum Gasteiger partial charge on any atom is 0.253 e. The van der Waals surface area contributed by atoms with Gasteiger partial charge in [-0.15, -0.1) is 0 Å². The molecule has 3 rings (SSSR count). The van der Waals surface area contributed by atoms with Crippen LogP contribution in [0, 0.1) is 19.7 Å². The number of nitrogens with zero attached hydrogens (tertiary/aromatic N) is 1. The Hall–Kier alpha value is -3.21. The molecule has 1 unspecified atom stereocenters. The second kappa shape index (κ2) is 8.45.